The van der Waals surface area contributed by atoms with Gasteiger partial charge in [0, 0.05) is 13.1 Å². The Hall–Kier alpha value is -2.73. The molecule has 3 N–H and O–H groups in total. The molecular weight excluding hydrogens is 294 g/mol. The third kappa shape index (κ3) is 3.37. The predicted molar refractivity (Wildman–Crippen MR) is 86.5 cm³/mol. The molecule has 6 nitrogen and oxygen atoms in total. The molecule has 0 bridgehead atoms. The van der Waals surface area contributed by atoms with Crippen molar-refractivity contribution in [1.82, 2.24) is 10.2 Å². The molecule has 1 unspecified atom stereocenters. The first-order chi connectivity index (χ1) is 11.2. The minimum Gasteiger partial charge on any atom is -0.497 e. The molecule has 2 aromatic carbocycles. The van der Waals surface area contributed by atoms with Gasteiger partial charge < -0.3 is 20.1 Å². The van der Waals surface area contributed by atoms with Crippen molar-refractivity contribution in [3.05, 3.63) is 54.1 Å². The molecule has 3 rings (SSSR count). The first-order valence-corrected chi connectivity index (χ1v) is 7.39. The molecule has 0 radical (unpaired) electrons. The Balaban J connectivity index is 1.70. The third-order valence-electron chi connectivity index (χ3n) is 3.78. The average Bonchev–Trinajstić information content (AvgIpc) is 3.06. The zero-order valence-corrected chi connectivity index (χ0v) is 12.9. The van der Waals surface area contributed by atoms with Crippen LogP contribution in [0.1, 0.15) is 11.7 Å². The molecule has 1 saturated heterocycles. The molecule has 0 spiro atoms. The largest absolute Gasteiger partial charge is 0.497 e. The summed E-state index contributed by atoms with van der Waals surface area (Å²) in [5.41, 5.74) is 6.37. The van der Waals surface area contributed by atoms with Crippen molar-refractivity contribution in [3.63, 3.8) is 0 Å². The van der Waals surface area contributed by atoms with Crippen LogP contribution in [-0.4, -0.2) is 31.1 Å². The molecular formula is C17H19N3O3. The standard InChI is InChI=1S/C17H19N3O3/c1-22-13-6-8-15(9-7-13)23-14-4-2-12(3-5-14)16-19-10-11-20(16)17(18)21/h2-9,16,19H,10-11H2,1H3,(H2,18,21). The fourth-order valence-corrected chi connectivity index (χ4v) is 2.59. The fraction of sp³-hybridized carbons (Fsp3) is 0.235. The van der Waals surface area contributed by atoms with Crippen molar-refractivity contribution < 1.29 is 14.3 Å². The Morgan fingerprint density at radius 3 is 2.22 bits per heavy atom. The second kappa shape index (κ2) is 6.58. The molecule has 1 aliphatic heterocycles. The Morgan fingerprint density at radius 1 is 1.09 bits per heavy atom. The minimum atomic E-state index is -0.418. The molecule has 1 aliphatic rings. The zero-order chi connectivity index (χ0) is 16.2. The highest BCUT2D eigenvalue weighted by Crippen LogP contribution is 2.27. The lowest BCUT2D eigenvalue weighted by Crippen LogP contribution is -2.37. The van der Waals surface area contributed by atoms with Crippen molar-refractivity contribution in [2.75, 3.05) is 20.2 Å². The number of carbonyl (C=O) groups excluding carboxylic acids is 1. The van der Waals surface area contributed by atoms with E-state index in [0.717, 1.165) is 29.4 Å². The molecule has 0 aliphatic carbocycles. The van der Waals surface area contributed by atoms with Crippen LogP contribution in [0.4, 0.5) is 4.79 Å². The third-order valence-corrected chi connectivity index (χ3v) is 3.78. The summed E-state index contributed by atoms with van der Waals surface area (Å²) in [7, 11) is 1.63. The van der Waals surface area contributed by atoms with Crippen LogP contribution in [-0.2, 0) is 0 Å². The molecule has 6 heteroatoms. The minimum absolute atomic E-state index is 0.178. The van der Waals surface area contributed by atoms with Gasteiger partial charge in [0.15, 0.2) is 0 Å². The van der Waals surface area contributed by atoms with E-state index < -0.39 is 6.03 Å². The summed E-state index contributed by atoms with van der Waals surface area (Å²) in [5.74, 6) is 2.24. The molecule has 23 heavy (non-hydrogen) atoms. The number of amides is 2. The molecule has 2 amide bonds. The zero-order valence-electron chi connectivity index (χ0n) is 12.9. The molecule has 1 atom stereocenters. The maximum Gasteiger partial charge on any atom is 0.316 e. The van der Waals surface area contributed by atoms with Crippen molar-refractivity contribution in [3.8, 4) is 17.2 Å². The van der Waals surface area contributed by atoms with Crippen LogP contribution in [0.15, 0.2) is 48.5 Å². The van der Waals surface area contributed by atoms with Crippen LogP contribution < -0.4 is 20.5 Å². The topological polar surface area (TPSA) is 76.8 Å². The van der Waals surface area contributed by atoms with Gasteiger partial charge in [0.2, 0.25) is 0 Å². The van der Waals surface area contributed by atoms with Crippen LogP contribution in [0, 0.1) is 0 Å². The van der Waals surface area contributed by atoms with E-state index >= 15 is 0 Å². The van der Waals surface area contributed by atoms with Gasteiger partial charge in [0.25, 0.3) is 0 Å². The summed E-state index contributed by atoms with van der Waals surface area (Å²) in [5, 5.41) is 3.26. The molecule has 0 saturated carbocycles. The number of rotatable bonds is 4. The van der Waals surface area contributed by atoms with Gasteiger partial charge in [-0.1, -0.05) is 12.1 Å². The van der Waals surface area contributed by atoms with Crippen molar-refractivity contribution in [2.24, 2.45) is 5.73 Å². The smallest absolute Gasteiger partial charge is 0.316 e. The van der Waals surface area contributed by atoms with Crippen molar-refractivity contribution >= 4 is 6.03 Å². The van der Waals surface area contributed by atoms with Gasteiger partial charge in [-0.3, -0.25) is 5.32 Å². The van der Waals surface area contributed by atoms with Crippen LogP contribution >= 0.6 is 0 Å². The monoisotopic (exact) mass is 313 g/mol. The number of hydrogen-bond donors (Lipinski definition) is 2. The van der Waals surface area contributed by atoms with E-state index in [-0.39, 0.29) is 6.17 Å². The molecule has 2 aromatic rings. The maximum absolute atomic E-state index is 11.4. The fourth-order valence-electron chi connectivity index (χ4n) is 2.59. The van der Waals surface area contributed by atoms with Gasteiger partial charge in [0.1, 0.15) is 23.4 Å². The first-order valence-electron chi connectivity index (χ1n) is 7.39. The lowest BCUT2D eigenvalue weighted by atomic mass is 10.1. The summed E-state index contributed by atoms with van der Waals surface area (Å²) in [6.07, 6.45) is -0.178. The lowest BCUT2D eigenvalue weighted by Gasteiger charge is -2.22. The summed E-state index contributed by atoms with van der Waals surface area (Å²) in [6, 6.07) is 14.6. The molecule has 0 aromatic heterocycles. The average molecular weight is 313 g/mol. The highest BCUT2D eigenvalue weighted by atomic mass is 16.5. The first kappa shape index (κ1) is 15.2. The predicted octanol–water partition coefficient (Wildman–Crippen LogP) is 2.47. The van der Waals surface area contributed by atoms with E-state index in [4.69, 9.17) is 15.2 Å². The van der Waals surface area contributed by atoms with Gasteiger partial charge in [0.05, 0.1) is 7.11 Å². The van der Waals surface area contributed by atoms with Gasteiger partial charge in [-0.25, -0.2) is 4.79 Å². The van der Waals surface area contributed by atoms with E-state index in [1.54, 1.807) is 12.0 Å². The number of nitrogens with zero attached hydrogens (tertiary/aromatic N) is 1. The van der Waals surface area contributed by atoms with E-state index in [0.29, 0.717) is 6.54 Å². The van der Waals surface area contributed by atoms with Gasteiger partial charge in [-0.05, 0) is 42.0 Å². The van der Waals surface area contributed by atoms with Crippen LogP contribution in [0.3, 0.4) is 0 Å². The van der Waals surface area contributed by atoms with E-state index in [1.165, 1.54) is 0 Å². The van der Waals surface area contributed by atoms with Crippen LogP contribution in [0.25, 0.3) is 0 Å². The number of hydrogen-bond acceptors (Lipinski definition) is 4. The highest BCUT2D eigenvalue weighted by Gasteiger charge is 2.27. The Bertz CT molecular complexity index is 670. The number of nitrogens with two attached hydrogens (primary N) is 1. The number of benzene rings is 2. The van der Waals surface area contributed by atoms with E-state index in [2.05, 4.69) is 5.32 Å². The second-order valence-corrected chi connectivity index (χ2v) is 5.23. The Morgan fingerprint density at radius 2 is 1.65 bits per heavy atom. The van der Waals surface area contributed by atoms with Crippen molar-refractivity contribution in [2.45, 2.75) is 6.17 Å². The Kier molecular flexibility index (Phi) is 4.34. The number of ether oxygens (including phenoxy) is 2. The van der Waals surface area contributed by atoms with Gasteiger partial charge in [-0.15, -0.1) is 0 Å². The van der Waals surface area contributed by atoms with Crippen LogP contribution in [0.5, 0.6) is 17.2 Å². The summed E-state index contributed by atoms with van der Waals surface area (Å²) < 4.78 is 10.9. The Labute approximate surface area is 134 Å². The van der Waals surface area contributed by atoms with Gasteiger partial charge >= 0.3 is 6.03 Å². The number of methoxy groups -OCH3 is 1. The number of primary amides is 1. The van der Waals surface area contributed by atoms with Gasteiger partial charge in [-0.2, -0.15) is 0 Å². The summed E-state index contributed by atoms with van der Waals surface area (Å²) in [4.78, 5) is 13.0. The number of nitrogens with one attached hydrogen (secondary N) is 1. The van der Waals surface area contributed by atoms with E-state index in [1.807, 2.05) is 48.5 Å². The SMILES string of the molecule is COc1ccc(Oc2ccc(C3NCCN3C(N)=O)cc2)cc1. The number of carbonyl (C=O) groups is 1. The van der Waals surface area contributed by atoms with Crippen molar-refractivity contribution in [1.29, 1.82) is 0 Å². The maximum atomic E-state index is 11.4. The highest BCUT2D eigenvalue weighted by molar-refractivity contribution is 5.73. The summed E-state index contributed by atoms with van der Waals surface area (Å²) in [6.45, 7) is 1.35. The number of urea groups is 1. The summed E-state index contributed by atoms with van der Waals surface area (Å²) >= 11 is 0. The van der Waals surface area contributed by atoms with E-state index in [9.17, 15) is 4.79 Å². The van der Waals surface area contributed by atoms with Crippen LogP contribution in [0.2, 0.25) is 0 Å². The lowest BCUT2D eigenvalue weighted by molar-refractivity contribution is 0.200. The molecule has 1 heterocycles. The molecule has 120 valence electrons. The quantitative estimate of drug-likeness (QED) is 0.909. The second-order valence-electron chi connectivity index (χ2n) is 5.23. The molecule has 1 fully saturated rings. The normalized spacial score (nSPS) is 17.1.